The quantitative estimate of drug-likeness (QED) is 0.256. The highest BCUT2D eigenvalue weighted by Gasteiger charge is 2.46. The van der Waals surface area contributed by atoms with E-state index in [1.807, 2.05) is 24.3 Å². The fraction of sp³-hybridized carbons (Fsp3) is 0.276. The highest BCUT2D eigenvalue weighted by atomic mass is 16.5. The van der Waals surface area contributed by atoms with Gasteiger partial charge in [0.25, 0.3) is 11.7 Å². The lowest BCUT2D eigenvalue weighted by Gasteiger charge is -2.26. The highest BCUT2D eigenvalue weighted by molar-refractivity contribution is 6.46. The van der Waals surface area contributed by atoms with E-state index >= 15 is 0 Å². The van der Waals surface area contributed by atoms with Crippen LogP contribution in [0.4, 0.5) is 0 Å². The van der Waals surface area contributed by atoms with Gasteiger partial charge in [-0.2, -0.15) is 0 Å². The van der Waals surface area contributed by atoms with Crippen LogP contribution in [-0.4, -0.2) is 47.5 Å². The molecule has 1 fully saturated rings. The summed E-state index contributed by atoms with van der Waals surface area (Å²) in [5.74, 6) is -0.0538. The Morgan fingerprint density at radius 2 is 1.84 bits per heavy atom. The minimum atomic E-state index is -0.852. The smallest absolute Gasteiger partial charge is 0.295 e. The summed E-state index contributed by atoms with van der Waals surface area (Å²) in [7, 11) is 2.98. The Morgan fingerprint density at radius 3 is 2.51 bits per heavy atom. The number of hydrogen-bond acceptors (Lipinski definition) is 7. The van der Waals surface area contributed by atoms with E-state index in [2.05, 4.69) is 18.8 Å². The number of amides is 1. The van der Waals surface area contributed by atoms with Crippen molar-refractivity contribution in [2.75, 3.05) is 20.8 Å². The first-order valence-electron chi connectivity index (χ1n) is 12.0. The van der Waals surface area contributed by atoms with E-state index in [0.29, 0.717) is 35.3 Å². The third-order valence-corrected chi connectivity index (χ3v) is 6.04. The van der Waals surface area contributed by atoms with E-state index < -0.39 is 17.7 Å². The number of aliphatic hydroxyl groups excluding tert-OH is 1. The first-order chi connectivity index (χ1) is 17.8. The number of carbonyl (C=O) groups is 2. The van der Waals surface area contributed by atoms with Gasteiger partial charge in [-0.05, 0) is 47.4 Å². The highest BCUT2D eigenvalue weighted by Crippen LogP contribution is 2.42. The number of hydrogen-bond donors (Lipinski definition) is 1. The first-order valence-corrected chi connectivity index (χ1v) is 12.0. The van der Waals surface area contributed by atoms with Crippen molar-refractivity contribution in [1.29, 1.82) is 0 Å². The second-order valence-corrected chi connectivity index (χ2v) is 9.13. The lowest BCUT2D eigenvalue weighted by Crippen LogP contribution is -2.29. The SMILES string of the molecule is COc1ccc(/C(O)=C2\C(=O)C(=O)N(Cc3cccnc3)C2c2cccc(OCC(C)C)c2)c(OC)c1. The fourth-order valence-corrected chi connectivity index (χ4v) is 4.25. The van der Waals surface area contributed by atoms with Crippen molar-refractivity contribution >= 4 is 17.4 Å². The summed E-state index contributed by atoms with van der Waals surface area (Å²) in [6.45, 7) is 4.75. The van der Waals surface area contributed by atoms with E-state index in [9.17, 15) is 14.7 Å². The molecule has 1 aliphatic heterocycles. The van der Waals surface area contributed by atoms with Crippen molar-refractivity contribution in [3.63, 3.8) is 0 Å². The Labute approximate surface area is 216 Å². The second-order valence-electron chi connectivity index (χ2n) is 9.13. The fourth-order valence-electron chi connectivity index (χ4n) is 4.25. The first kappa shape index (κ1) is 25.8. The van der Waals surface area contributed by atoms with Crippen LogP contribution in [0.15, 0.2) is 72.6 Å². The normalized spacial score (nSPS) is 16.8. The molecular formula is C29H30N2O6. The monoisotopic (exact) mass is 502 g/mol. The maximum Gasteiger partial charge on any atom is 0.295 e. The van der Waals surface area contributed by atoms with E-state index in [1.54, 1.807) is 42.7 Å². The number of ether oxygens (including phenoxy) is 3. The number of methoxy groups -OCH3 is 2. The molecule has 3 aromatic rings. The van der Waals surface area contributed by atoms with Gasteiger partial charge in [0.2, 0.25) is 0 Å². The van der Waals surface area contributed by atoms with Crippen LogP contribution in [0.25, 0.3) is 5.76 Å². The van der Waals surface area contributed by atoms with Crippen LogP contribution in [-0.2, 0) is 16.1 Å². The number of rotatable bonds is 9. The Bertz CT molecular complexity index is 1320. The van der Waals surface area contributed by atoms with E-state index in [1.165, 1.54) is 19.1 Å². The summed E-state index contributed by atoms with van der Waals surface area (Å²) in [6.07, 6.45) is 3.28. The third-order valence-electron chi connectivity index (χ3n) is 6.04. The zero-order valence-corrected chi connectivity index (χ0v) is 21.3. The van der Waals surface area contributed by atoms with Crippen LogP contribution in [0, 0.1) is 5.92 Å². The molecule has 2 aromatic carbocycles. The van der Waals surface area contributed by atoms with E-state index in [0.717, 1.165) is 5.56 Å². The summed E-state index contributed by atoms with van der Waals surface area (Å²) >= 11 is 0. The standard InChI is InChI=1S/C29H30N2O6/c1-18(2)17-37-22-9-5-8-20(13-22)26-25(27(32)23-11-10-21(35-3)14-24(23)36-4)28(33)29(34)31(26)16-19-7-6-12-30-15-19/h5-15,18,26,32H,16-17H2,1-4H3/b27-25+. The Kier molecular flexibility index (Phi) is 7.77. The molecule has 0 aliphatic carbocycles. The van der Waals surface area contributed by atoms with Crippen LogP contribution >= 0.6 is 0 Å². The summed E-state index contributed by atoms with van der Waals surface area (Å²) in [6, 6.07) is 14.8. The van der Waals surface area contributed by atoms with Gasteiger partial charge < -0.3 is 24.2 Å². The summed E-state index contributed by atoms with van der Waals surface area (Å²) in [5, 5.41) is 11.5. The molecule has 2 heterocycles. The number of benzene rings is 2. The Balaban J connectivity index is 1.86. The Morgan fingerprint density at radius 1 is 1.03 bits per heavy atom. The largest absolute Gasteiger partial charge is 0.507 e. The van der Waals surface area contributed by atoms with E-state index in [4.69, 9.17) is 14.2 Å². The minimum absolute atomic E-state index is 0.0293. The number of pyridine rings is 1. The molecule has 1 aliphatic rings. The van der Waals surface area contributed by atoms with Crippen LogP contribution in [0.3, 0.4) is 0 Å². The lowest BCUT2D eigenvalue weighted by atomic mass is 9.94. The van der Waals surface area contributed by atoms with Crippen molar-refractivity contribution in [3.05, 3.63) is 89.3 Å². The number of Topliss-reactive ketones (excluding diaryl/α,β-unsaturated/α-hetero) is 1. The molecule has 1 saturated heterocycles. The molecule has 0 spiro atoms. The van der Waals surface area contributed by atoms with Gasteiger partial charge in [-0.3, -0.25) is 14.6 Å². The van der Waals surface area contributed by atoms with Gasteiger partial charge in [0.05, 0.1) is 38.0 Å². The Hall–Kier alpha value is -4.33. The molecule has 1 unspecified atom stereocenters. The van der Waals surface area contributed by atoms with Crippen LogP contribution in [0.2, 0.25) is 0 Å². The summed E-state index contributed by atoms with van der Waals surface area (Å²) in [5.41, 5.74) is 1.64. The van der Waals surface area contributed by atoms with Crippen LogP contribution < -0.4 is 14.2 Å². The number of carbonyl (C=O) groups excluding carboxylic acids is 2. The second kappa shape index (κ2) is 11.2. The zero-order chi connectivity index (χ0) is 26.5. The average molecular weight is 503 g/mol. The molecule has 1 aromatic heterocycles. The maximum absolute atomic E-state index is 13.4. The van der Waals surface area contributed by atoms with Gasteiger partial charge in [0, 0.05) is 25.0 Å². The number of aliphatic hydroxyl groups is 1. The molecule has 1 N–H and O–H groups in total. The van der Waals surface area contributed by atoms with Gasteiger partial charge in [-0.1, -0.05) is 32.0 Å². The molecule has 4 rings (SSSR count). The molecule has 0 bridgehead atoms. The van der Waals surface area contributed by atoms with Gasteiger partial charge in [-0.25, -0.2) is 0 Å². The van der Waals surface area contributed by atoms with Gasteiger partial charge in [0.15, 0.2) is 0 Å². The molecular weight excluding hydrogens is 472 g/mol. The molecule has 0 radical (unpaired) electrons. The molecule has 8 heteroatoms. The number of ketones is 1. The number of likely N-dealkylation sites (tertiary alicyclic amines) is 1. The van der Waals surface area contributed by atoms with Crippen molar-refractivity contribution in [1.82, 2.24) is 9.88 Å². The van der Waals surface area contributed by atoms with Crippen molar-refractivity contribution in [2.45, 2.75) is 26.4 Å². The zero-order valence-electron chi connectivity index (χ0n) is 21.3. The number of aromatic nitrogens is 1. The summed E-state index contributed by atoms with van der Waals surface area (Å²) < 4.78 is 16.6. The van der Waals surface area contributed by atoms with Crippen molar-refractivity contribution in [2.24, 2.45) is 5.92 Å². The molecule has 192 valence electrons. The van der Waals surface area contributed by atoms with Crippen molar-refractivity contribution < 1.29 is 28.9 Å². The molecule has 0 saturated carbocycles. The number of nitrogens with zero attached hydrogens (tertiary/aromatic N) is 2. The molecule has 1 amide bonds. The topological polar surface area (TPSA) is 98.2 Å². The van der Waals surface area contributed by atoms with E-state index in [-0.39, 0.29) is 23.4 Å². The van der Waals surface area contributed by atoms with Crippen LogP contribution in [0.5, 0.6) is 17.2 Å². The van der Waals surface area contributed by atoms with Gasteiger partial charge in [0.1, 0.15) is 23.0 Å². The van der Waals surface area contributed by atoms with Gasteiger partial charge in [-0.15, -0.1) is 0 Å². The predicted molar refractivity (Wildman–Crippen MR) is 138 cm³/mol. The van der Waals surface area contributed by atoms with Gasteiger partial charge >= 0.3 is 0 Å². The summed E-state index contributed by atoms with van der Waals surface area (Å²) in [4.78, 5) is 32.3. The molecule has 1 atom stereocenters. The lowest BCUT2D eigenvalue weighted by molar-refractivity contribution is -0.140. The van der Waals surface area contributed by atoms with Crippen molar-refractivity contribution in [3.8, 4) is 17.2 Å². The van der Waals surface area contributed by atoms with Crippen LogP contribution in [0.1, 0.15) is 36.6 Å². The molecule has 37 heavy (non-hydrogen) atoms. The average Bonchev–Trinajstić information content (AvgIpc) is 3.16. The minimum Gasteiger partial charge on any atom is -0.507 e. The maximum atomic E-state index is 13.4. The third kappa shape index (κ3) is 5.43. The predicted octanol–water partition coefficient (Wildman–Crippen LogP) is 4.76. The molecule has 8 nitrogen and oxygen atoms in total.